The van der Waals surface area contributed by atoms with E-state index in [-0.39, 0.29) is 5.56 Å². The largest absolute Gasteiger partial charge is 0.497 e. The van der Waals surface area contributed by atoms with Gasteiger partial charge >= 0.3 is 0 Å². The first kappa shape index (κ1) is 15.1. The highest BCUT2D eigenvalue weighted by atomic mass is 16.5. The van der Waals surface area contributed by atoms with Crippen LogP contribution in [-0.4, -0.2) is 25.4 Å². The van der Waals surface area contributed by atoms with Gasteiger partial charge in [-0.1, -0.05) is 12.1 Å². The number of methoxy groups -OCH3 is 2. The van der Waals surface area contributed by atoms with Crippen molar-refractivity contribution in [1.82, 2.24) is 4.57 Å². The molecule has 0 amide bonds. The molecule has 0 saturated heterocycles. The van der Waals surface area contributed by atoms with Crippen molar-refractivity contribution in [3.63, 3.8) is 0 Å². The molecule has 112 valence electrons. The molecular weight excluding hydrogens is 268 g/mol. The zero-order chi connectivity index (χ0) is 15.1. The number of anilines is 1. The van der Waals surface area contributed by atoms with Crippen LogP contribution in [0.25, 0.3) is 0 Å². The van der Waals surface area contributed by atoms with Crippen molar-refractivity contribution < 1.29 is 9.47 Å². The molecule has 2 rings (SSSR count). The lowest BCUT2D eigenvalue weighted by Crippen LogP contribution is -2.21. The van der Waals surface area contributed by atoms with Crippen LogP contribution in [0.4, 0.5) is 5.69 Å². The molecule has 1 heterocycles. The van der Waals surface area contributed by atoms with E-state index in [9.17, 15) is 4.79 Å². The van der Waals surface area contributed by atoms with Crippen LogP contribution in [0.5, 0.6) is 5.75 Å². The third-order valence-corrected chi connectivity index (χ3v) is 3.18. The number of nitrogens with one attached hydrogen (secondary N) is 1. The molecule has 0 aliphatic heterocycles. The molecule has 0 unspecified atom stereocenters. The second-order valence-electron chi connectivity index (χ2n) is 4.64. The van der Waals surface area contributed by atoms with Crippen molar-refractivity contribution in [3.8, 4) is 5.75 Å². The number of hydrogen-bond acceptors (Lipinski definition) is 4. The minimum absolute atomic E-state index is 0.0259. The van der Waals surface area contributed by atoms with E-state index in [4.69, 9.17) is 9.47 Å². The van der Waals surface area contributed by atoms with Crippen LogP contribution in [0.2, 0.25) is 0 Å². The fourth-order valence-electron chi connectivity index (χ4n) is 1.95. The van der Waals surface area contributed by atoms with Crippen LogP contribution >= 0.6 is 0 Å². The minimum Gasteiger partial charge on any atom is -0.497 e. The summed E-state index contributed by atoms with van der Waals surface area (Å²) in [6.07, 6.45) is 1.81. The number of benzene rings is 1. The Morgan fingerprint density at radius 1 is 1.10 bits per heavy atom. The highest BCUT2D eigenvalue weighted by molar-refractivity contribution is 5.41. The Morgan fingerprint density at radius 3 is 2.52 bits per heavy atom. The van der Waals surface area contributed by atoms with Gasteiger partial charge in [-0.15, -0.1) is 0 Å². The first-order valence-corrected chi connectivity index (χ1v) is 6.79. The molecule has 1 aromatic heterocycles. The predicted molar refractivity (Wildman–Crippen MR) is 82.9 cm³/mol. The van der Waals surface area contributed by atoms with Gasteiger partial charge in [0, 0.05) is 32.5 Å². The van der Waals surface area contributed by atoms with Crippen molar-refractivity contribution in [1.29, 1.82) is 0 Å². The SMILES string of the molecule is COCCn1cc(NCc2ccc(OC)cc2)ccc1=O. The summed E-state index contributed by atoms with van der Waals surface area (Å²) in [5, 5.41) is 3.30. The molecule has 1 N–H and O–H groups in total. The summed E-state index contributed by atoms with van der Waals surface area (Å²) in [6.45, 7) is 1.75. The van der Waals surface area contributed by atoms with E-state index < -0.39 is 0 Å². The first-order chi connectivity index (χ1) is 10.2. The van der Waals surface area contributed by atoms with E-state index in [1.54, 1.807) is 30.9 Å². The summed E-state index contributed by atoms with van der Waals surface area (Å²) >= 11 is 0. The summed E-state index contributed by atoms with van der Waals surface area (Å²) in [6, 6.07) is 11.2. The van der Waals surface area contributed by atoms with Crippen LogP contribution in [0.15, 0.2) is 47.4 Å². The summed E-state index contributed by atoms with van der Waals surface area (Å²) < 4.78 is 11.8. The molecule has 0 aliphatic carbocycles. The standard InChI is InChI=1S/C16H20N2O3/c1-20-10-9-18-12-14(5-8-16(18)19)17-11-13-3-6-15(21-2)7-4-13/h3-8,12,17H,9-11H2,1-2H3. The van der Waals surface area contributed by atoms with Gasteiger partial charge in [-0.25, -0.2) is 0 Å². The molecule has 0 saturated carbocycles. The Kier molecular flexibility index (Phi) is 5.40. The predicted octanol–water partition coefficient (Wildman–Crippen LogP) is 2.12. The van der Waals surface area contributed by atoms with E-state index >= 15 is 0 Å². The van der Waals surface area contributed by atoms with Gasteiger partial charge in [0.1, 0.15) is 5.75 Å². The van der Waals surface area contributed by atoms with Gasteiger partial charge in [0.25, 0.3) is 5.56 Å². The highest BCUT2D eigenvalue weighted by Gasteiger charge is 1.99. The Bertz CT molecular complexity index is 620. The van der Waals surface area contributed by atoms with E-state index in [0.29, 0.717) is 19.7 Å². The Balaban J connectivity index is 2.00. The van der Waals surface area contributed by atoms with Crippen LogP contribution < -0.4 is 15.6 Å². The molecule has 5 heteroatoms. The maximum absolute atomic E-state index is 11.7. The van der Waals surface area contributed by atoms with Crippen molar-refractivity contribution in [2.24, 2.45) is 0 Å². The lowest BCUT2D eigenvalue weighted by atomic mass is 10.2. The highest BCUT2D eigenvalue weighted by Crippen LogP contribution is 2.13. The van der Waals surface area contributed by atoms with Crippen LogP contribution in [0, 0.1) is 0 Å². The molecule has 0 fully saturated rings. The quantitative estimate of drug-likeness (QED) is 0.848. The summed E-state index contributed by atoms with van der Waals surface area (Å²) in [5.74, 6) is 0.840. The zero-order valence-electron chi connectivity index (χ0n) is 12.3. The van der Waals surface area contributed by atoms with Crippen molar-refractivity contribution >= 4 is 5.69 Å². The molecule has 21 heavy (non-hydrogen) atoms. The number of aromatic nitrogens is 1. The van der Waals surface area contributed by atoms with Crippen molar-refractivity contribution in [2.75, 3.05) is 26.1 Å². The minimum atomic E-state index is -0.0259. The van der Waals surface area contributed by atoms with Gasteiger partial charge in [-0.2, -0.15) is 0 Å². The van der Waals surface area contributed by atoms with Crippen LogP contribution in [-0.2, 0) is 17.8 Å². The van der Waals surface area contributed by atoms with Crippen LogP contribution in [0.1, 0.15) is 5.56 Å². The molecule has 0 radical (unpaired) electrons. The number of ether oxygens (including phenoxy) is 2. The number of pyridine rings is 1. The zero-order valence-corrected chi connectivity index (χ0v) is 12.3. The lowest BCUT2D eigenvalue weighted by molar-refractivity contribution is 0.186. The Hall–Kier alpha value is -2.27. The van der Waals surface area contributed by atoms with E-state index in [0.717, 1.165) is 17.0 Å². The number of hydrogen-bond donors (Lipinski definition) is 1. The molecular formula is C16H20N2O3. The van der Waals surface area contributed by atoms with Gasteiger partial charge in [-0.3, -0.25) is 4.79 Å². The van der Waals surface area contributed by atoms with Gasteiger partial charge in [0.05, 0.1) is 19.4 Å². The second kappa shape index (κ2) is 7.50. The summed E-state index contributed by atoms with van der Waals surface area (Å²) in [5.41, 5.74) is 2.02. The topological polar surface area (TPSA) is 52.5 Å². The third-order valence-electron chi connectivity index (χ3n) is 3.18. The van der Waals surface area contributed by atoms with Gasteiger partial charge in [0.15, 0.2) is 0 Å². The van der Waals surface area contributed by atoms with Crippen molar-refractivity contribution in [3.05, 3.63) is 58.5 Å². The van der Waals surface area contributed by atoms with E-state index in [1.165, 1.54) is 0 Å². The normalized spacial score (nSPS) is 10.4. The number of nitrogens with zero attached hydrogens (tertiary/aromatic N) is 1. The average molecular weight is 288 g/mol. The maximum Gasteiger partial charge on any atom is 0.250 e. The molecule has 5 nitrogen and oxygen atoms in total. The molecule has 0 atom stereocenters. The molecule has 0 aliphatic rings. The number of rotatable bonds is 7. The van der Waals surface area contributed by atoms with Gasteiger partial charge in [-0.05, 0) is 23.8 Å². The second-order valence-corrected chi connectivity index (χ2v) is 4.64. The van der Waals surface area contributed by atoms with Crippen LogP contribution in [0.3, 0.4) is 0 Å². The lowest BCUT2D eigenvalue weighted by Gasteiger charge is -2.10. The van der Waals surface area contributed by atoms with Gasteiger partial charge < -0.3 is 19.4 Å². The molecule has 2 aromatic rings. The smallest absolute Gasteiger partial charge is 0.250 e. The fraction of sp³-hybridized carbons (Fsp3) is 0.312. The molecule has 1 aromatic carbocycles. The van der Waals surface area contributed by atoms with E-state index in [1.807, 2.05) is 30.5 Å². The summed E-state index contributed by atoms with van der Waals surface area (Å²) in [4.78, 5) is 11.7. The molecule has 0 spiro atoms. The van der Waals surface area contributed by atoms with Gasteiger partial charge in [0.2, 0.25) is 0 Å². The molecule has 0 bridgehead atoms. The monoisotopic (exact) mass is 288 g/mol. The van der Waals surface area contributed by atoms with Crippen molar-refractivity contribution in [2.45, 2.75) is 13.1 Å². The fourth-order valence-corrected chi connectivity index (χ4v) is 1.95. The van der Waals surface area contributed by atoms with E-state index in [2.05, 4.69) is 5.32 Å². The summed E-state index contributed by atoms with van der Waals surface area (Å²) in [7, 11) is 3.27. The Labute approximate surface area is 124 Å². The Morgan fingerprint density at radius 2 is 1.86 bits per heavy atom. The third kappa shape index (κ3) is 4.36. The first-order valence-electron chi connectivity index (χ1n) is 6.79. The maximum atomic E-state index is 11.7. The average Bonchev–Trinajstić information content (AvgIpc) is 2.53.